The summed E-state index contributed by atoms with van der Waals surface area (Å²) in [6.07, 6.45) is 6.73. The maximum atomic E-state index is 11.8. The molecule has 0 aromatic carbocycles. The third-order valence-electron chi connectivity index (χ3n) is 5.66. The van der Waals surface area contributed by atoms with E-state index < -0.39 is 11.4 Å². The van der Waals surface area contributed by atoms with Crippen LogP contribution in [0.5, 0.6) is 0 Å². The molecule has 0 aromatic heterocycles. The third kappa shape index (κ3) is 1.38. The summed E-state index contributed by atoms with van der Waals surface area (Å²) in [5, 5.41) is 9.74. The lowest BCUT2D eigenvalue weighted by molar-refractivity contribution is -0.189. The highest BCUT2D eigenvalue weighted by Crippen LogP contribution is 2.69. The lowest BCUT2D eigenvalue weighted by Gasteiger charge is -2.59. The number of fused-ring (bicyclic) bond motifs is 1. The van der Waals surface area contributed by atoms with Crippen LogP contribution in [0, 0.1) is 35.0 Å². The number of carboxylic acid groups (broad SMARTS) is 1. The number of rotatable bonds is 5. The van der Waals surface area contributed by atoms with Gasteiger partial charge in [-0.3, -0.25) is 4.79 Å². The normalized spacial score (nSPS) is 46.0. The molecule has 6 atom stereocenters. The van der Waals surface area contributed by atoms with Crippen molar-refractivity contribution in [1.29, 1.82) is 0 Å². The topological polar surface area (TPSA) is 37.3 Å². The molecule has 0 aromatic rings. The van der Waals surface area contributed by atoms with Crippen molar-refractivity contribution in [3.63, 3.8) is 0 Å². The van der Waals surface area contributed by atoms with E-state index in [1.165, 1.54) is 0 Å². The number of allylic oxidation sites excluding steroid dienone is 2. The Hall–Kier alpha value is -1.05. The lowest BCUT2D eigenvalue weighted by atomic mass is 9.43. The van der Waals surface area contributed by atoms with Gasteiger partial charge in [0.05, 0.1) is 5.41 Å². The predicted octanol–water partition coefficient (Wildman–Crippen LogP) is 3.75. The largest absolute Gasteiger partial charge is 0.481 e. The molecule has 100 valence electrons. The molecule has 18 heavy (non-hydrogen) atoms. The molecule has 2 rings (SSSR count). The van der Waals surface area contributed by atoms with Crippen molar-refractivity contribution >= 4 is 5.97 Å². The van der Waals surface area contributed by atoms with Crippen molar-refractivity contribution in [3.05, 3.63) is 25.3 Å². The van der Waals surface area contributed by atoms with Crippen LogP contribution >= 0.6 is 0 Å². The number of aliphatic carboxylic acids is 1. The van der Waals surface area contributed by atoms with Crippen LogP contribution in [-0.4, -0.2) is 11.1 Å². The second kappa shape index (κ2) is 4.56. The van der Waals surface area contributed by atoms with Gasteiger partial charge in [0, 0.05) is 0 Å². The molecular formula is C16H24O2. The van der Waals surface area contributed by atoms with Crippen molar-refractivity contribution in [2.24, 2.45) is 35.0 Å². The molecule has 0 heterocycles. The molecule has 6 unspecified atom stereocenters. The van der Waals surface area contributed by atoms with Crippen LogP contribution in [0.1, 0.15) is 33.1 Å². The first-order valence-corrected chi connectivity index (χ1v) is 7.06. The Morgan fingerprint density at radius 3 is 2.33 bits per heavy atom. The van der Waals surface area contributed by atoms with Gasteiger partial charge in [-0.1, -0.05) is 32.4 Å². The average Bonchev–Trinajstić information content (AvgIpc) is 2.66. The van der Waals surface area contributed by atoms with Gasteiger partial charge in [0.15, 0.2) is 0 Å². The van der Waals surface area contributed by atoms with E-state index in [0.29, 0.717) is 23.7 Å². The van der Waals surface area contributed by atoms with Crippen LogP contribution in [0.25, 0.3) is 0 Å². The molecule has 0 bridgehead atoms. The fraction of sp³-hybridized carbons (Fsp3) is 0.688. The van der Waals surface area contributed by atoms with Gasteiger partial charge < -0.3 is 5.11 Å². The molecule has 0 spiro atoms. The van der Waals surface area contributed by atoms with Gasteiger partial charge in [-0.15, -0.1) is 13.2 Å². The van der Waals surface area contributed by atoms with Crippen molar-refractivity contribution in [1.82, 2.24) is 0 Å². The predicted molar refractivity (Wildman–Crippen MR) is 73.1 cm³/mol. The van der Waals surface area contributed by atoms with Crippen molar-refractivity contribution in [2.75, 3.05) is 0 Å². The van der Waals surface area contributed by atoms with Crippen molar-refractivity contribution in [3.8, 4) is 0 Å². The van der Waals surface area contributed by atoms with E-state index in [0.717, 1.165) is 19.3 Å². The summed E-state index contributed by atoms with van der Waals surface area (Å²) in [4.78, 5) is 11.8. The van der Waals surface area contributed by atoms with Gasteiger partial charge in [0.2, 0.25) is 0 Å². The second-order valence-electron chi connectivity index (χ2n) is 5.85. The van der Waals surface area contributed by atoms with Crippen LogP contribution in [0.15, 0.2) is 25.3 Å². The Morgan fingerprint density at radius 2 is 1.94 bits per heavy atom. The first-order chi connectivity index (χ1) is 8.58. The van der Waals surface area contributed by atoms with E-state index in [2.05, 4.69) is 20.1 Å². The van der Waals surface area contributed by atoms with Gasteiger partial charge in [0.25, 0.3) is 0 Å². The molecule has 2 heteroatoms. The lowest BCUT2D eigenvalue weighted by Crippen LogP contribution is -2.61. The van der Waals surface area contributed by atoms with Gasteiger partial charge in [-0.05, 0) is 42.4 Å². The van der Waals surface area contributed by atoms with E-state index in [1.54, 1.807) is 0 Å². The Bertz CT molecular complexity index is 373. The fourth-order valence-electron chi connectivity index (χ4n) is 5.00. The molecule has 0 amide bonds. The molecule has 2 fully saturated rings. The SMILES string of the molecule is C=CC1CC(C=C)C2C1C(CC)C2(CC)C(=O)O. The summed E-state index contributed by atoms with van der Waals surface area (Å²) in [6.45, 7) is 12.0. The van der Waals surface area contributed by atoms with E-state index in [4.69, 9.17) is 0 Å². The highest BCUT2D eigenvalue weighted by molar-refractivity contribution is 5.77. The smallest absolute Gasteiger partial charge is 0.310 e. The molecule has 0 aliphatic heterocycles. The summed E-state index contributed by atoms with van der Waals surface area (Å²) >= 11 is 0. The van der Waals surface area contributed by atoms with E-state index in [1.807, 2.05) is 19.1 Å². The van der Waals surface area contributed by atoms with Crippen LogP contribution in [0.3, 0.4) is 0 Å². The van der Waals surface area contributed by atoms with Crippen molar-refractivity contribution < 1.29 is 9.90 Å². The molecule has 2 saturated carbocycles. The Balaban J connectivity index is 2.41. The minimum Gasteiger partial charge on any atom is -0.481 e. The molecule has 1 N–H and O–H groups in total. The van der Waals surface area contributed by atoms with Crippen LogP contribution < -0.4 is 0 Å². The maximum Gasteiger partial charge on any atom is 0.310 e. The number of carbonyl (C=O) groups is 1. The molecule has 2 aliphatic rings. The summed E-state index contributed by atoms with van der Waals surface area (Å²) < 4.78 is 0. The van der Waals surface area contributed by atoms with Gasteiger partial charge in [-0.2, -0.15) is 0 Å². The van der Waals surface area contributed by atoms with E-state index in [-0.39, 0.29) is 5.92 Å². The first kappa shape index (κ1) is 13.4. The molecule has 0 radical (unpaired) electrons. The van der Waals surface area contributed by atoms with Crippen LogP contribution in [0.2, 0.25) is 0 Å². The average molecular weight is 248 g/mol. The van der Waals surface area contributed by atoms with Gasteiger partial charge >= 0.3 is 5.97 Å². The summed E-state index contributed by atoms with van der Waals surface area (Å²) in [7, 11) is 0. The second-order valence-corrected chi connectivity index (χ2v) is 5.85. The standard InChI is InChI=1S/C16H24O2/c1-5-10-9-11(6-2)14-13(10)12(7-3)16(14,8-4)15(17)18/h5-6,10-14H,1-2,7-9H2,3-4H3,(H,17,18). The molecule has 2 aliphatic carbocycles. The molecule has 0 saturated heterocycles. The fourth-order valence-corrected chi connectivity index (χ4v) is 5.00. The van der Waals surface area contributed by atoms with Crippen LogP contribution in [-0.2, 0) is 4.79 Å². The number of hydrogen-bond acceptors (Lipinski definition) is 1. The highest BCUT2D eigenvalue weighted by Gasteiger charge is 2.69. The third-order valence-corrected chi connectivity index (χ3v) is 5.66. The quantitative estimate of drug-likeness (QED) is 0.752. The van der Waals surface area contributed by atoms with Gasteiger partial charge in [0.1, 0.15) is 0 Å². The summed E-state index contributed by atoms with van der Waals surface area (Å²) in [5.74, 6) is 1.29. The van der Waals surface area contributed by atoms with Crippen LogP contribution in [0.4, 0.5) is 0 Å². The summed E-state index contributed by atoms with van der Waals surface area (Å²) in [6, 6.07) is 0. The zero-order valence-corrected chi connectivity index (χ0v) is 11.4. The zero-order chi connectivity index (χ0) is 13.5. The Kier molecular flexibility index (Phi) is 3.39. The monoisotopic (exact) mass is 248 g/mol. The van der Waals surface area contributed by atoms with Gasteiger partial charge in [-0.25, -0.2) is 0 Å². The zero-order valence-electron chi connectivity index (χ0n) is 11.4. The number of hydrogen-bond donors (Lipinski definition) is 1. The minimum absolute atomic E-state index is 0.269. The van der Waals surface area contributed by atoms with E-state index >= 15 is 0 Å². The number of carboxylic acids is 1. The van der Waals surface area contributed by atoms with E-state index in [9.17, 15) is 9.90 Å². The van der Waals surface area contributed by atoms with Crippen molar-refractivity contribution in [2.45, 2.75) is 33.1 Å². The summed E-state index contributed by atoms with van der Waals surface area (Å²) in [5.41, 5.74) is -0.518. The molecule has 2 nitrogen and oxygen atoms in total. The Labute approximate surface area is 110 Å². The minimum atomic E-state index is -0.602. The maximum absolute atomic E-state index is 11.8. The highest BCUT2D eigenvalue weighted by atomic mass is 16.4. The Morgan fingerprint density at radius 1 is 1.33 bits per heavy atom. The first-order valence-electron chi connectivity index (χ1n) is 7.06. The molecular weight excluding hydrogens is 224 g/mol.